The summed E-state index contributed by atoms with van der Waals surface area (Å²) in [5.74, 6) is -1.95. The third-order valence-corrected chi connectivity index (χ3v) is 8.63. The molecule has 49 heavy (non-hydrogen) atoms. The molecule has 0 fully saturated rings. The Labute approximate surface area is 289 Å². The number of hydrogen-bond acceptors (Lipinski definition) is 6. The first-order valence-corrected chi connectivity index (χ1v) is 16.2. The van der Waals surface area contributed by atoms with Crippen molar-refractivity contribution in [2.75, 3.05) is 29.6 Å². The molecule has 0 aliphatic rings. The van der Waals surface area contributed by atoms with E-state index in [4.69, 9.17) is 5.73 Å². The van der Waals surface area contributed by atoms with Crippen LogP contribution in [0.4, 0.5) is 17.1 Å². The molecule has 0 spiro atoms. The van der Waals surface area contributed by atoms with E-state index in [2.05, 4.69) is 16.0 Å². The van der Waals surface area contributed by atoms with Crippen LogP contribution in [0, 0.1) is 0 Å². The summed E-state index contributed by atoms with van der Waals surface area (Å²) >= 11 is 1.28. The summed E-state index contributed by atoms with van der Waals surface area (Å²) < 4.78 is 0. The van der Waals surface area contributed by atoms with Crippen LogP contribution in [0.5, 0.6) is 0 Å². The number of amides is 4. The van der Waals surface area contributed by atoms with Crippen LogP contribution in [0.3, 0.4) is 0 Å². The molecule has 5 rings (SSSR count). The van der Waals surface area contributed by atoms with Gasteiger partial charge in [0, 0.05) is 35.9 Å². The first-order valence-electron chi connectivity index (χ1n) is 15.4. The SMILES string of the molecule is CN(C)c1ccc(/C=C(/NC(=O)c2ccccc2)C(=O)Nc2cccc(SC(C(=O)Nc3ccccc3C(N)=O)c3ccccc3)c2)cc1. The lowest BCUT2D eigenvalue weighted by atomic mass is 10.1. The van der Waals surface area contributed by atoms with Crippen molar-refractivity contribution >= 4 is 58.5 Å². The van der Waals surface area contributed by atoms with Crippen molar-refractivity contribution in [2.24, 2.45) is 5.73 Å². The number of benzene rings is 5. The van der Waals surface area contributed by atoms with Crippen LogP contribution >= 0.6 is 11.8 Å². The molecule has 0 aliphatic carbocycles. The summed E-state index contributed by atoms with van der Waals surface area (Å²) in [6.07, 6.45) is 1.62. The van der Waals surface area contributed by atoms with Crippen LogP contribution in [-0.4, -0.2) is 37.7 Å². The Morgan fingerprint density at radius 1 is 0.735 bits per heavy atom. The quantitative estimate of drug-likeness (QED) is 0.0860. The van der Waals surface area contributed by atoms with Crippen molar-refractivity contribution in [3.05, 3.63) is 161 Å². The van der Waals surface area contributed by atoms with Crippen LogP contribution in [0.15, 0.2) is 144 Å². The van der Waals surface area contributed by atoms with Gasteiger partial charge in [0.2, 0.25) is 5.91 Å². The number of carbonyl (C=O) groups excluding carboxylic acids is 4. The normalized spacial score (nSPS) is 11.6. The van der Waals surface area contributed by atoms with Crippen molar-refractivity contribution in [3.63, 3.8) is 0 Å². The zero-order valence-electron chi connectivity index (χ0n) is 26.9. The maximum absolute atomic E-state index is 13.7. The summed E-state index contributed by atoms with van der Waals surface area (Å²) in [7, 11) is 3.88. The lowest BCUT2D eigenvalue weighted by Crippen LogP contribution is -2.30. The fourth-order valence-electron chi connectivity index (χ4n) is 4.87. The molecule has 1 unspecified atom stereocenters. The Morgan fingerprint density at radius 2 is 1.39 bits per heavy atom. The Kier molecular flexibility index (Phi) is 11.3. The molecule has 0 bridgehead atoms. The van der Waals surface area contributed by atoms with E-state index < -0.39 is 23.0 Å². The lowest BCUT2D eigenvalue weighted by molar-refractivity contribution is -0.116. The van der Waals surface area contributed by atoms with Crippen molar-refractivity contribution in [1.82, 2.24) is 5.32 Å². The Hall–Kier alpha value is -6.13. The van der Waals surface area contributed by atoms with Gasteiger partial charge in [-0.05, 0) is 71.8 Å². The minimum Gasteiger partial charge on any atom is -0.378 e. The average Bonchev–Trinajstić information content (AvgIpc) is 3.11. The van der Waals surface area contributed by atoms with E-state index in [1.54, 1.807) is 72.8 Å². The molecule has 1 atom stereocenters. The van der Waals surface area contributed by atoms with E-state index in [0.29, 0.717) is 21.8 Å². The summed E-state index contributed by atoms with van der Waals surface area (Å²) in [5, 5.41) is 7.81. The monoisotopic (exact) mass is 669 g/mol. The Balaban J connectivity index is 1.39. The molecule has 0 saturated carbocycles. The molecule has 0 heterocycles. The van der Waals surface area contributed by atoms with Crippen molar-refractivity contribution < 1.29 is 19.2 Å². The van der Waals surface area contributed by atoms with E-state index in [1.807, 2.05) is 85.7 Å². The second-order valence-electron chi connectivity index (χ2n) is 11.2. The fourth-order valence-corrected chi connectivity index (χ4v) is 5.95. The number of primary amides is 1. The van der Waals surface area contributed by atoms with Gasteiger partial charge in [0.25, 0.3) is 17.7 Å². The highest BCUT2D eigenvalue weighted by Gasteiger charge is 2.24. The highest BCUT2D eigenvalue weighted by Crippen LogP contribution is 2.37. The molecular formula is C39H35N5O4S. The van der Waals surface area contributed by atoms with Gasteiger partial charge in [0.1, 0.15) is 10.9 Å². The summed E-state index contributed by atoms with van der Waals surface area (Å²) in [5.41, 5.74) is 9.44. The molecule has 246 valence electrons. The zero-order valence-corrected chi connectivity index (χ0v) is 27.7. The van der Waals surface area contributed by atoms with E-state index in [0.717, 1.165) is 16.8 Å². The number of para-hydroxylation sites is 1. The molecule has 0 aliphatic heterocycles. The van der Waals surface area contributed by atoms with E-state index in [9.17, 15) is 19.2 Å². The average molecular weight is 670 g/mol. The van der Waals surface area contributed by atoms with Gasteiger partial charge in [0.05, 0.1) is 11.3 Å². The number of anilines is 3. The first kappa shape index (κ1) is 34.2. The van der Waals surface area contributed by atoms with E-state index >= 15 is 0 Å². The van der Waals surface area contributed by atoms with Crippen molar-refractivity contribution in [2.45, 2.75) is 10.1 Å². The smallest absolute Gasteiger partial charge is 0.272 e. The molecule has 10 heteroatoms. The number of thioether (sulfide) groups is 1. The molecule has 0 radical (unpaired) electrons. The van der Waals surface area contributed by atoms with Gasteiger partial charge in [-0.25, -0.2) is 0 Å². The van der Waals surface area contributed by atoms with Crippen LogP contribution in [0.25, 0.3) is 6.08 Å². The second-order valence-corrected chi connectivity index (χ2v) is 12.3. The fraction of sp³-hybridized carbons (Fsp3) is 0.0769. The van der Waals surface area contributed by atoms with E-state index in [-0.39, 0.29) is 17.2 Å². The molecule has 5 aromatic rings. The third kappa shape index (κ3) is 9.24. The van der Waals surface area contributed by atoms with Crippen molar-refractivity contribution in [3.8, 4) is 0 Å². The van der Waals surface area contributed by atoms with Crippen LogP contribution < -0.4 is 26.6 Å². The van der Waals surface area contributed by atoms with Crippen LogP contribution in [-0.2, 0) is 9.59 Å². The van der Waals surface area contributed by atoms with Gasteiger partial charge < -0.3 is 26.6 Å². The second kappa shape index (κ2) is 16.1. The third-order valence-electron chi connectivity index (χ3n) is 7.39. The summed E-state index contributed by atoms with van der Waals surface area (Å²) in [6, 6.07) is 39.1. The molecule has 0 saturated heterocycles. The van der Waals surface area contributed by atoms with Crippen LogP contribution in [0.1, 0.15) is 37.1 Å². The highest BCUT2D eigenvalue weighted by molar-refractivity contribution is 8.00. The first-order chi connectivity index (χ1) is 23.7. The maximum atomic E-state index is 13.7. The van der Waals surface area contributed by atoms with Gasteiger partial charge in [-0.1, -0.05) is 78.9 Å². The molecule has 4 amide bonds. The van der Waals surface area contributed by atoms with Gasteiger partial charge in [0.15, 0.2) is 0 Å². The zero-order chi connectivity index (χ0) is 34.8. The molecule has 5 N–H and O–H groups in total. The predicted octanol–water partition coefficient (Wildman–Crippen LogP) is 6.73. The van der Waals surface area contributed by atoms with E-state index in [1.165, 1.54) is 11.8 Å². The minimum atomic E-state index is -0.709. The minimum absolute atomic E-state index is 0.0548. The number of nitrogens with zero attached hydrogens (tertiary/aromatic N) is 1. The molecular weight excluding hydrogens is 635 g/mol. The van der Waals surface area contributed by atoms with Gasteiger partial charge in [-0.2, -0.15) is 0 Å². The van der Waals surface area contributed by atoms with Gasteiger partial charge in [-0.3, -0.25) is 19.2 Å². The molecule has 0 aromatic heterocycles. The summed E-state index contributed by atoms with van der Waals surface area (Å²) in [6.45, 7) is 0. The molecule has 9 nitrogen and oxygen atoms in total. The number of nitrogens with two attached hydrogens (primary N) is 1. The van der Waals surface area contributed by atoms with Crippen LogP contribution in [0.2, 0.25) is 0 Å². The molecule has 5 aromatic carbocycles. The number of carbonyl (C=O) groups is 4. The van der Waals surface area contributed by atoms with Gasteiger partial charge >= 0.3 is 0 Å². The standard InChI is InChI=1S/C39H35N5O4S/c1-44(2)30-22-20-26(21-23-30)24-34(43-37(46)28-14-7-4-8-15-28)38(47)41-29-16-11-17-31(25-29)49-35(27-12-5-3-6-13-27)39(48)42-33-19-10-9-18-32(33)36(40)45/h3-25,35H,1-2H3,(H2,40,45)(H,41,47)(H,42,48)(H,43,46)/b34-24+. The predicted molar refractivity (Wildman–Crippen MR) is 196 cm³/mol. The summed E-state index contributed by atoms with van der Waals surface area (Å²) in [4.78, 5) is 55.1. The van der Waals surface area contributed by atoms with Gasteiger partial charge in [-0.15, -0.1) is 11.8 Å². The number of nitrogens with one attached hydrogen (secondary N) is 3. The highest BCUT2D eigenvalue weighted by atomic mass is 32.2. The Bertz CT molecular complexity index is 1980. The Morgan fingerprint density at radius 3 is 2.06 bits per heavy atom. The topological polar surface area (TPSA) is 134 Å². The lowest BCUT2D eigenvalue weighted by Gasteiger charge is -2.18. The number of hydrogen-bond donors (Lipinski definition) is 4. The van der Waals surface area contributed by atoms with Crippen molar-refractivity contribution in [1.29, 1.82) is 0 Å². The largest absolute Gasteiger partial charge is 0.378 e. The number of rotatable bonds is 12. The maximum Gasteiger partial charge on any atom is 0.272 e.